The predicted octanol–water partition coefficient (Wildman–Crippen LogP) is 6.44. The monoisotopic (exact) mass is 721 g/mol. The minimum atomic E-state index is -0.980. The van der Waals surface area contributed by atoms with E-state index in [2.05, 4.69) is 35.9 Å². The molecule has 2 aliphatic rings. The van der Waals surface area contributed by atoms with E-state index >= 15 is 0 Å². The Morgan fingerprint density at radius 1 is 0.887 bits per heavy atom. The van der Waals surface area contributed by atoms with Gasteiger partial charge in [-0.05, 0) is 59.9 Å². The standard InChI is InChI=1S/C43H51N3O7/c1-3-5-22-38(44-42(51)52-29-37-35-20-11-9-18-33(35)34-19-10-12-21-36(34)37)41(50)53-30-43(23-13-14-24-43)45-40(49)32(15-4-2)27-39(48)46(25-26-47)28-31-16-7-6-8-17-31/h3-4,6-12,16-21,32,37-38,47H,1-2,5,13-15,22-30H2,(H,44,51)(H,45,49). The van der Waals surface area contributed by atoms with Gasteiger partial charge in [-0.15, -0.1) is 13.2 Å². The number of aliphatic hydroxyl groups is 1. The van der Waals surface area contributed by atoms with Crippen molar-refractivity contribution < 1.29 is 33.8 Å². The summed E-state index contributed by atoms with van der Waals surface area (Å²) in [6.45, 7) is 7.86. The number of rotatable bonds is 19. The quantitative estimate of drug-likeness (QED) is 0.0959. The van der Waals surface area contributed by atoms with Gasteiger partial charge in [0.2, 0.25) is 11.8 Å². The Hall–Kier alpha value is -5.22. The summed E-state index contributed by atoms with van der Waals surface area (Å²) >= 11 is 0. The number of esters is 1. The molecule has 0 spiro atoms. The van der Waals surface area contributed by atoms with Gasteiger partial charge in [0.15, 0.2) is 0 Å². The van der Waals surface area contributed by atoms with E-state index in [0.717, 1.165) is 40.7 Å². The lowest BCUT2D eigenvalue weighted by Gasteiger charge is -2.32. The van der Waals surface area contributed by atoms with Crippen molar-refractivity contribution >= 4 is 23.9 Å². The van der Waals surface area contributed by atoms with Crippen LogP contribution in [0.4, 0.5) is 4.79 Å². The Bertz CT molecular complexity index is 1690. The summed E-state index contributed by atoms with van der Waals surface area (Å²) in [7, 11) is 0. The maximum atomic E-state index is 13.8. The van der Waals surface area contributed by atoms with E-state index in [0.29, 0.717) is 25.8 Å². The molecule has 0 heterocycles. The maximum Gasteiger partial charge on any atom is 0.407 e. The zero-order valence-electron chi connectivity index (χ0n) is 30.3. The van der Waals surface area contributed by atoms with E-state index in [1.54, 1.807) is 17.1 Å². The lowest BCUT2D eigenvalue weighted by Crippen LogP contribution is -2.53. The van der Waals surface area contributed by atoms with Crippen LogP contribution >= 0.6 is 0 Å². The van der Waals surface area contributed by atoms with Crippen LogP contribution in [-0.2, 0) is 30.4 Å². The number of carbonyl (C=O) groups is 4. The number of nitrogens with zero attached hydrogens (tertiary/aromatic N) is 1. The normalized spacial score (nSPS) is 15.3. The molecular weight excluding hydrogens is 670 g/mol. The number of carbonyl (C=O) groups excluding carboxylic acids is 4. The highest BCUT2D eigenvalue weighted by molar-refractivity contribution is 5.87. The zero-order valence-corrected chi connectivity index (χ0v) is 30.3. The number of ether oxygens (including phenoxy) is 2. The molecule has 1 fully saturated rings. The number of allylic oxidation sites excluding steroid dienone is 2. The molecule has 53 heavy (non-hydrogen) atoms. The van der Waals surface area contributed by atoms with Crippen LogP contribution in [0, 0.1) is 5.92 Å². The van der Waals surface area contributed by atoms with Gasteiger partial charge in [-0.25, -0.2) is 9.59 Å². The SMILES string of the molecule is C=CCCC(NC(=O)OCC1c2ccccc2-c2ccccc21)C(=O)OCC1(NC(=O)C(CC=C)CC(=O)N(CCO)Cc2ccccc2)CCCC1. The molecule has 0 bridgehead atoms. The van der Waals surface area contributed by atoms with Crippen LogP contribution in [0.15, 0.2) is 104 Å². The lowest BCUT2D eigenvalue weighted by atomic mass is 9.94. The summed E-state index contributed by atoms with van der Waals surface area (Å²) in [6.07, 6.45) is 6.37. The number of nitrogens with one attached hydrogen (secondary N) is 2. The van der Waals surface area contributed by atoms with Crippen molar-refractivity contribution in [1.29, 1.82) is 0 Å². The van der Waals surface area contributed by atoms with Gasteiger partial charge in [-0.1, -0.05) is 104 Å². The molecular formula is C43H51N3O7. The highest BCUT2D eigenvalue weighted by Crippen LogP contribution is 2.44. The molecule has 2 unspecified atom stereocenters. The summed E-state index contributed by atoms with van der Waals surface area (Å²) in [6, 6.07) is 24.6. The molecule has 5 rings (SSSR count). The first-order valence-corrected chi connectivity index (χ1v) is 18.5. The minimum Gasteiger partial charge on any atom is -0.462 e. The van der Waals surface area contributed by atoms with Crippen LogP contribution < -0.4 is 10.6 Å². The Morgan fingerprint density at radius 3 is 2.15 bits per heavy atom. The Kier molecular flexibility index (Phi) is 14.0. The minimum absolute atomic E-state index is 0.0613. The fourth-order valence-electron chi connectivity index (χ4n) is 7.39. The van der Waals surface area contributed by atoms with Crippen LogP contribution in [0.25, 0.3) is 11.1 Å². The number of benzene rings is 3. The molecule has 3 aromatic carbocycles. The molecule has 10 nitrogen and oxygen atoms in total. The van der Waals surface area contributed by atoms with E-state index in [1.165, 1.54) is 0 Å². The first kappa shape index (κ1) is 39.0. The molecule has 1 saturated carbocycles. The summed E-state index contributed by atoms with van der Waals surface area (Å²) < 4.78 is 11.5. The molecule has 10 heteroatoms. The third-order valence-corrected chi connectivity index (χ3v) is 10.2. The van der Waals surface area contributed by atoms with Crippen LogP contribution in [0.3, 0.4) is 0 Å². The van der Waals surface area contributed by atoms with E-state index in [9.17, 15) is 24.3 Å². The van der Waals surface area contributed by atoms with Crippen molar-refractivity contribution in [2.75, 3.05) is 26.4 Å². The topological polar surface area (TPSA) is 134 Å². The summed E-state index contributed by atoms with van der Waals surface area (Å²) in [5.74, 6) is -2.01. The Balaban J connectivity index is 1.18. The van der Waals surface area contributed by atoms with E-state index < -0.39 is 29.6 Å². The number of alkyl carbamates (subject to hydrolysis) is 1. The van der Waals surface area contributed by atoms with Crippen LogP contribution in [0.2, 0.25) is 0 Å². The highest BCUT2D eigenvalue weighted by atomic mass is 16.6. The van der Waals surface area contributed by atoms with Crippen molar-refractivity contribution in [2.45, 2.75) is 75.4 Å². The molecule has 3 N–H and O–H groups in total. The van der Waals surface area contributed by atoms with Crippen LogP contribution in [0.5, 0.6) is 0 Å². The fourth-order valence-corrected chi connectivity index (χ4v) is 7.39. The van der Waals surface area contributed by atoms with E-state index in [1.807, 2.05) is 66.7 Å². The zero-order chi connectivity index (χ0) is 37.6. The van der Waals surface area contributed by atoms with Crippen LogP contribution in [-0.4, -0.2) is 71.8 Å². The fraction of sp³-hybridized carbons (Fsp3) is 0.395. The number of hydrogen-bond donors (Lipinski definition) is 3. The third-order valence-electron chi connectivity index (χ3n) is 10.2. The van der Waals surface area contributed by atoms with Gasteiger partial charge in [-0.2, -0.15) is 0 Å². The van der Waals surface area contributed by atoms with Gasteiger partial charge in [0.1, 0.15) is 19.3 Å². The number of hydrogen-bond acceptors (Lipinski definition) is 7. The maximum absolute atomic E-state index is 13.8. The third kappa shape index (κ3) is 10.2. The van der Waals surface area contributed by atoms with Crippen molar-refractivity contribution in [3.05, 3.63) is 121 Å². The predicted molar refractivity (Wildman–Crippen MR) is 204 cm³/mol. The second kappa shape index (κ2) is 19.0. The van der Waals surface area contributed by atoms with Gasteiger partial charge >= 0.3 is 12.1 Å². The van der Waals surface area contributed by atoms with Gasteiger partial charge in [0.05, 0.1) is 18.1 Å². The highest BCUT2D eigenvalue weighted by Gasteiger charge is 2.39. The molecule has 0 radical (unpaired) electrons. The summed E-state index contributed by atoms with van der Waals surface area (Å²) in [5.41, 5.74) is 4.52. The second-order valence-corrected chi connectivity index (χ2v) is 13.9. The molecule has 2 aliphatic carbocycles. The summed E-state index contributed by atoms with van der Waals surface area (Å²) in [4.78, 5) is 55.3. The molecule has 0 aliphatic heterocycles. The van der Waals surface area contributed by atoms with Crippen molar-refractivity contribution in [3.63, 3.8) is 0 Å². The number of amides is 3. The van der Waals surface area contributed by atoms with Gasteiger partial charge in [-0.3, -0.25) is 9.59 Å². The Morgan fingerprint density at radius 2 is 1.53 bits per heavy atom. The van der Waals surface area contributed by atoms with Crippen LogP contribution in [0.1, 0.15) is 74.0 Å². The molecule has 3 amide bonds. The van der Waals surface area contributed by atoms with Gasteiger partial charge < -0.3 is 30.1 Å². The molecule has 0 saturated heterocycles. The molecule has 280 valence electrons. The summed E-state index contributed by atoms with van der Waals surface area (Å²) in [5, 5.41) is 15.5. The molecule has 2 atom stereocenters. The first-order chi connectivity index (χ1) is 25.8. The average molecular weight is 722 g/mol. The van der Waals surface area contributed by atoms with E-state index in [4.69, 9.17) is 9.47 Å². The second-order valence-electron chi connectivity index (χ2n) is 13.9. The molecule has 0 aromatic heterocycles. The largest absolute Gasteiger partial charge is 0.462 e. The lowest BCUT2D eigenvalue weighted by molar-refractivity contribution is -0.149. The van der Waals surface area contributed by atoms with Crippen molar-refractivity contribution in [2.24, 2.45) is 5.92 Å². The van der Waals surface area contributed by atoms with Crippen molar-refractivity contribution in [1.82, 2.24) is 15.5 Å². The Labute approximate surface area is 312 Å². The average Bonchev–Trinajstić information content (AvgIpc) is 3.77. The first-order valence-electron chi connectivity index (χ1n) is 18.5. The number of aliphatic hydroxyl groups excluding tert-OH is 1. The molecule has 3 aromatic rings. The van der Waals surface area contributed by atoms with Gasteiger partial charge in [0, 0.05) is 25.4 Å². The number of fused-ring (bicyclic) bond motifs is 3. The van der Waals surface area contributed by atoms with Crippen molar-refractivity contribution in [3.8, 4) is 11.1 Å². The van der Waals surface area contributed by atoms with Gasteiger partial charge in [0.25, 0.3) is 0 Å². The van der Waals surface area contributed by atoms with E-state index in [-0.39, 0.29) is 63.4 Å². The smallest absolute Gasteiger partial charge is 0.407 e.